The van der Waals surface area contributed by atoms with Crippen molar-refractivity contribution in [3.05, 3.63) is 35.1 Å². The van der Waals surface area contributed by atoms with E-state index in [1.807, 2.05) is 0 Å². The molecule has 0 bridgehead atoms. The van der Waals surface area contributed by atoms with E-state index in [2.05, 4.69) is 0 Å². The molecule has 0 aliphatic carbocycles. The third-order valence-corrected chi connectivity index (χ3v) is 4.74. The van der Waals surface area contributed by atoms with Gasteiger partial charge in [0.25, 0.3) is 0 Å². The van der Waals surface area contributed by atoms with Crippen LogP contribution in [-0.4, -0.2) is 57.7 Å². The summed E-state index contributed by atoms with van der Waals surface area (Å²) in [6.45, 7) is 0.336. The fourth-order valence-corrected chi connectivity index (χ4v) is 3.42. The van der Waals surface area contributed by atoms with E-state index in [1.54, 1.807) is 0 Å². The summed E-state index contributed by atoms with van der Waals surface area (Å²) in [5.74, 6) is -6.66. The summed E-state index contributed by atoms with van der Waals surface area (Å²) < 4.78 is 0. The average Bonchev–Trinajstić information content (AvgIpc) is 2.66. The van der Waals surface area contributed by atoms with Gasteiger partial charge in [0.05, 0.1) is 10.9 Å². The Kier molecular flexibility index (Phi) is 4.80. The molecule has 0 atom stereocenters. The van der Waals surface area contributed by atoms with Crippen LogP contribution in [0.5, 0.6) is 40.2 Å². The minimum Gasteiger partial charge on any atom is -0.507 e. The number of fused-ring (bicyclic) bond motifs is 1. The zero-order chi connectivity index (χ0) is 22.5. The second-order valence-electron chi connectivity index (χ2n) is 6.55. The first-order chi connectivity index (χ1) is 14.0. The Morgan fingerprint density at radius 1 is 0.667 bits per heavy atom. The summed E-state index contributed by atoms with van der Waals surface area (Å²) in [6, 6.07) is 2.33. The molecular weight excluding hydrogens is 400 g/mol. The average molecular weight is 418 g/mol. The number of aromatic hydroxyl groups is 7. The highest BCUT2D eigenvalue weighted by Gasteiger charge is 2.27. The molecule has 10 N–H and O–H groups in total. The molecular formula is C20H18O10. The molecule has 3 aromatic rings. The van der Waals surface area contributed by atoms with E-state index in [0.29, 0.717) is 0 Å². The molecule has 0 spiro atoms. The number of rotatable bonds is 3. The molecule has 0 aliphatic rings. The molecule has 10 heteroatoms. The summed E-state index contributed by atoms with van der Waals surface area (Å²) in [6.07, 6.45) is 0. The van der Waals surface area contributed by atoms with Crippen molar-refractivity contribution in [3.8, 4) is 51.4 Å². The molecule has 0 aliphatic heterocycles. The quantitative estimate of drug-likeness (QED) is 0.171. The van der Waals surface area contributed by atoms with Crippen LogP contribution in [0.4, 0.5) is 0 Å². The summed E-state index contributed by atoms with van der Waals surface area (Å²) in [5, 5.41) is 99.5. The minimum absolute atomic E-state index is 0.0979. The van der Waals surface area contributed by atoms with Crippen molar-refractivity contribution in [1.29, 1.82) is 0 Å². The zero-order valence-corrected chi connectivity index (χ0v) is 15.4. The standard InChI is InChI=1S/C20H18O10/c1-6-14(7(22)2-8(23)15(6)20(30)13(28)5-21)16-9(24)3-11(26)18-17(16)10(25)4-12(27)19(18)29/h2-4,21-30H,5H2,1H3/b20-13-. The SMILES string of the molecule is Cc1c(/C(O)=C(/O)CO)c(O)cc(O)c1-c1c(O)cc(O)c2c(O)c(O)cc(O)c12. The predicted molar refractivity (Wildman–Crippen MR) is 105 cm³/mol. The van der Waals surface area contributed by atoms with E-state index in [4.69, 9.17) is 5.11 Å². The van der Waals surface area contributed by atoms with Crippen LogP contribution in [-0.2, 0) is 0 Å². The number of hydrogen-bond donors (Lipinski definition) is 10. The second-order valence-corrected chi connectivity index (χ2v) is 6.55. The minimum atomic E-state index is -0.956. The van der Waals surface area contributed by atoms with Gasteiger partial charge in [-0.3, -0.25) is 0 Å². The summed E-state index contributed by atoms with van der Waals surface area (Å²) in [5.41, 5.74) is -1.05. The maximum absolute atomic E-state index is 10.5. The van der Waals surface area contributed by atoms with Crippen molar-refractivity contribution in [3.63, 3.8) is 0 Å². The third-order valence-electron chi connectivity index (χ3n) is 4.74. The summed E-state index contributed by atoms with van der Waals surface area (Å²) >= 11 is 0. The number of aliphatic hydroxyl groups is 3. The lowest BCUT2D eigenvalue weighted by Gasteiger charge is -2.19. The van der Waals surface area contributed by atoms with Crippen LogP contribution >= 0.6 is 0 Å². The number of hydrogen-bond acceptors (Lipinski definition) is 10. The van der Waals surface area contributed by atoms with Gasteiger partial charge in [-0.05, 0) is 12.5 Å². The van der Waals surface area contributed by atoms with Gasteiger partial charge >= 0.3 is 0 Å². The van der Waals surface area contributed by atoms with E-state index in [0.717, 1.165) is 18.2 Å². The van der Waals surface area contributed by atoms with E-state index < -0.39 is 69.3 Å². The van der Waals surface area contributed by atoms with E-state index in [-0.39, 0.29) is 22.1 Å². The highest BCUT2D eigenvalue weighted by Crippen LogP contribution is 2.54. The Morgan fingerprint density at radius 3 is 1.77 bits per heavy atom. The lowest BCUT2D eigenvalue weighted by molar-refractivity contribution is 0.245. The second kappa shape index (κ2) is 7.01. The topological polar surface area (TPSA) is 202 Å². The fraction of sp³-hybridized carbons (Fsp3) is 0.100. The molecule has 0 unspecified atom stereocenters. The van der Waals surface area contributed by atoms with Gasteiger partial charge < -0.3 is 51.1 Å². The van der Waals surface area contributed by atoms with Gasteiger partial charge in [0, 0.05) is 34.7 Å². The van der Waals surface area contributed by atoms with Gasteiger partial charge in [-0.2, -0.15) is 0 Å². The van der Waals surface area contributed by atoms with Crippen molar-refractivity contribution in [2.24, 2.45) is 0 Å². The molecule has 10 nitrogen and oxygen atoms in total. The van der Waals surface area contributed by atoms with Gasteiger partial charge in [0.1, 0.15) is 35.4 Å². The van der Waals surface area contributed by atoms with Crippen molar-refractivity contribution < 1.29 is 51.1 Å². The monoisotopic (exact) mass is 418 g/mol. The Balaban J connectivity index is 2.56. The maximum atomic E-state index is 10.5. The first-order valence-corrected chi connectivity index (χ1v) is 8.41. The third kappa shape index (κ3) is 2.86. The molecule has 0 fully saturated rings. The first kappa shape index (κ1) is 20.6. The molecule has 158 valence electrons. The molecule has 0 saturated heterocycles. The Bertz CT molecular complexity index is 1230. The highest BCUT2D eigenvalue weighted by molar-refractivity contribution is 6.11. The van der Waals surface area contributed by atoms with Crippen LogP contribution in [0, 0.1) is 6.92 Å². The molecule has 0 amide bonds. The van der Waals surface area contributed by atoms with Crippen LogP contribution in [0.1, 0.15) is 11.1 Å². The Morgan fingerprint density at radius 2 is 1.17 bits per heavy atom. The zero-order valence-electron chi connectivity index (χ0n) is 15.4. The van der Waals surface area contributed by atoms with Gasteiger partial charge in [0.2, 0.25) is 0 Å². The largest absolute Gasteiger partial charge is 0.507 e. The molecule has 0 aromatic heterocycles. The van der Waals surface area contributed by atoms with Gasteiger partial charge in [-0.15, -0.1) is 0 Å². The van der Waals surface area contributed by atoms with Crippen LogP contribution in [0.25, 0.3) is 27.7 Å². The van der Waals surface area contributed by atoms with Crippen molar-refractivity contribution in [2.75, 3.05) is 6.61 Å². The van der Waals surface area contributed by atoms with Gasteiger partial charge in [-0.25, -0.2) is 0 Å². The van der Waals surface area contributed by atoms with Gasteiger partial charge in [-0.1, -0.05) is 0 Å². The van der Waals surface area contributed by atoms with E-state index in [1.165, 1.54) is 6.92 Å². The highest BCUT2D eigenvalue weighted by atomic mass is 16.3. The lowest BCUT2D eigenvalue weighted by atomic mass is 9.89. The number of aliphatic hydroxyl groups excluding tert-OH is 3. The fourth-order valence-electron chi connectivity index (χ4n) is 3.42. The van der Waals surface area contributed by atoms with Crippen molar-refractivity contribution in [2.45, 2.75) is 6.92 Å². The van der Waals surface area contributed by atoms with Crippen LogP contribution in [0.15, 0.2) is 24.0 Å². The normalized spacial score (nSPS) is 12.2. The van der Waals surface area contributed by atoms with Gasteiger partial charge in [0.15, 0.2) is 23.0 Å². The number of phenolic OH excluding ortho intramolecular Hbond substituents is 7. The van der Waals surface area contributed by atoms with Crippen molar-refractivity contribution >= 4 is 16.5 Å². The molecule has 3 aromatic carbocycles. The number of benzene rings is 3. The predicted octanol–water partition coefficient (Wildman–Crippen LogP) is 2.53. The Labute approximate surface area is 168 Å². The molecule has 0 saturated carbocycles. The maximum Gasteiger partial charge on any atom is 0.169 e. The smallest absolute Gasteiger partial charge is 0.169 e. The van der Waals surface area contributed by atoms with Crippen LogP contribution in [0.2, 0.25) is 0 Å². The van der Waals surface area contributed by atoms with Crippen LogP contribution in [0.3, 0.4) is 0 Å². The molecule has 0 heterocycles. The van der Waals surface area contributed by atoms with E-state index in [9.17, 15) is 46.0 Å². The lowest BCUT2D eigenvalue weighted by Crippen LogP contribution is -2.00. The van der Waals surface area contributed by atoms with Crippen molar-refractivity contribution in [1.82, 2.24) is 0 Å². The molecule has 0 radical (unpaired) electrons. The molecule has 30 heavy (non-hydrogen) atoms. The van der Waals surface area contributed by atoms with Crippen LogP contribution < -0.4 is 0 Å². The molecule has 3 rings (SSSR count). The van der Waals surface area contributed by atoms with E-state index >= 15 is 0 Å². The summed E-state index contributed by atoms with van der Waals surface area (Å²) in [4.78, 5) is 0. The first-order valence-electron chi connectivity index (χ1n) is 8.41. The summed E-state index contributed by atoms with van der Waals surface area (Å²) in [7, 11) is 0. The number of phenols is 7. The Hall–Kier alpha value is -4.18.